The van der Waals surface area contributed by atoms with Crippen molar-refractivity contribution in [2.75, 3.05) is 5.32 Å². The van der Waals surface area contributed by atoms with Crippen molar-refractivity contribution in [2.24, 2.45) is 0 Å². The molecule has 65 valence electrons. The van der Waals surface area contributed by atoms with E-state index in [0.29, 0.717) is 17.1 Å². The number of anilines is 1. The van der Waals surface area contributed by atoms with Crippen molar-refractivity contribution in [3.63, 3.8) is 0 Å². The Labute approximate surface area is 78.6 Å². The van der Waals surface area contributed by atoms with Gasteiger partial charge in [-0.2, -0.15) is 0 Å². The standard InChI is InChI=1S/C6H5N6S/c7-5(13)12-6-10-3-1-8-2-9-4(3)11-6/h1-2,7H,(H2,8,9,10,11,12,13). The van der Waals surface area contributed by atoms with Gasteiger partial charge in [-0.25, -0.2) is 15.0 Å². The number of rotatable bonds is 1. The van der Waals surface area contributed by atoms with Crippen LogP contribution in [-0.4, -0.2) is 25.0 Å². The fraction of sp³-hybridized carbons (Fsp3) is 0. The Bertz CT molecular complexity index is 416. The second-order valence-electron chi connectivity index (χ2n) is 2.30. The van der Waals surface area contributed by atoms with Crippen LogP contribution in [0.4, 0.5) is 5.95 Å². The predicted octanol–water partition coefficient (Wildman–Crippen LogP) is 0.333. The molecule has 0 fully saturated rings. The molecule has 0 aromatic carbocycles. The number of H-pyrrole nitrogens is 1. The molecular weight excluding hydrogens is 188 g/mol. The van der Waals surface area contributed by atoms with Gasteiger partial charge in [-0.3, -0.25) is 5.73 Å². The van der Waals surface area contributed by atoms with Gasteiger partial charge >= 0.3 is 0 Å². The average molecular weight is 193 g/mol. The molecule has 7 heteroatoms. The summed E-state index contributed by atoms with van der Waals surface area (Å²) in [4.78, 5) is 14.6. The van der Waals surface area contributed by atoms with Crippen LogP contribution in [0.1, 0.15) is 0 Å². The largest absolute Gasteiger partial charge is 0.308 e. The lowest BCUT2D eigenvalue weighted by atomic mass is 10.6. The van der Waals surface area contributed by atoms with E-state index in [1.165, 1.54) is 6.33 Å². The number of aromatic nitrogens is 4. The average Bonchev–Trinajstić information content (AvgIpc) is 2.44. The van der Waals surface area contributed by atoms with Gasteiger partial charge in [0.05, 0.1) is 6.20 Å². The van der Waals surface area contributed by atoms with Crippen LogP contribution in [0.5, 0.6) is 0 Å². The lowest BCUT2D eigenvalue weighted by Crippen LogP contribution is -2.09. The summed E-state index contributed by atoms with van der Waals surface area (Å²) in [5, 5.41) is 2.47. The molecule has 0 aliphatic carbocycles. The maximum Gasteiger partial charge on any atom is 0.208 e. The molecule has 0 amide bonds. The van der Waals surface area contributed by atoms with Gasteiger partial charge in [0.1, 0.15) is 11.8 Å². The zero-order chi connectivity index (χ0) is 9.26. The number of nitrogens with zero attached hydrogens (tertiary/aromatic N) is 3. The Hall–Kier alpha value is -1.76. The highest BCUT2D eigenvalue weighted by molar-refractivity contribution is 7.80. The smallest absolute Gasteiger partial charge is 0.208 e. The molecule has 2 heterocycles. The molecular formula is C6H5N6S. The predicted molar refractivity (Wildman–Crippen MR) is 51.0 cm³/mol. The topological polar surface area (TPSA) is 90.3 Å². The molecule has 2 aromatic rings. The van der Waals surface area contributed by atoms with Crippen LogP contribution in [0.3, 0.4) is 0 Å². The second-order valence-corrected chi connectivity index (χ2v) is 2.70. The van der Waals surface area contributed by atoms with Gasteiger partial charge in [0.15, 0.2) is 10.8 Å². The highest BCUT2D eigenvalue weighted by atomic mass is 32.1. The zero-order valence-electron chi connectivity index (χ0n) is 6.40. The highest BCUT2D eigenvalue weighted by Crippen LogP contribution is 2.08. The van der Waals surface area contributed by atoms with Crippen molar-refractivity contribution < 1.29 is 0 Å². The summed E-state index contributed by atoms with van der Waals surface area (Å²) in [7, 11) is 0. The van der Waals surface area contributed by atoms with Gasteiger partial charge in [0.25, 0.3) is 0 Å². The van der Waals surface area contributed by atoms with E-state index in [0.717, 1.165) is 0 Å². The zero-order valence-corrected chi connectivity index (χ0v) is 7.22. The fourth-order valence-corrected chi connectivity index (χ4v) is 1.02. The number of thiocarbonyl (C=S) groups is 1. The first-order valence-electron chi connectivity index (χ1n) is 3.44. The monoisotopic (exact) mass is 193 g/mol. The third kappa shape index (κ3) is 1.54. The van der Waals surface area contributed by atoms with Gasteiger partial charge in [0.2, 0.25) is 5.95 Å². The van der Waals surface area contributed by atoms with Gasteiger partial charge in [0, 0.05) is 0 Å². The highest BCUT2D eigenvalue weighted by Gasteiger charge is 2.02. The molecule has 1 radical (unpaired) electrons. The summed E-state index contributed by atoms with van der Waals surface area (Å²) in [6.45, 7) is 0. The molecule has 0 unspecified atom stereocenters. The van der Waals surface area contributed by atoms with Crippen LogP contribution in [0.25, 0.3) is 11.2 Å². The number of nitrogens with one attached hydrogen (secondary N) is 3. The van der Waals surface area contributed by atoms with Gasteiger partial charge in [-0.15, -0.1) is 0 Å². The minimum Gasteiger partial charge on any atom is -0.308 e. The van der Waals surface area contributed by atoms with E-state index in [2.05, 4.69) is 37.5 Å². The lowest BCUT2D eigenvalue weighted by Gasteiger charge is -1.93. The fourth-order valence-electron chi connectivity index (χ4n) is 0.928. The first-order chi connectivity index (χ1) is 6.25. The van der Waals surface area contributed by atoms with E-state index >= 15 is 0 Å². The molecule has 0 spiro atoms. The first-order valence-corrected chi connectivity index (χ1v) is 3.85. The quantitative estimate of drug-likeness (QED) is 0.637. The summed E-state index contributed by atoms with van der Waals surface area (Å²) < 4.78 is 0. The number of aromatic amines is 1. The minimum atomic E-state index is -0.0907. The van der Waals surface area contributed by atoms with Crippen molar-refractivity contribution in [3.8, 4) is 0 Å². The molecule has 2 rings (SSSR count). The van der Waals surface area contributed by atoms with Crippen LogP contribution < -0.4 is 11.1 Å². The van der Waals surface area contributed by atoms with E-state index < -0.39 is 0 Å². The van der Waals surface area contributed by atoms with Crippen LogP contribution >= 0.6 is 12.2 Å². The van der Waals surface area contributed by atoms with Crippen molar-refractivity contribution in [1.82, 2.24) is 25.7 Å². The van der Waals surface area contributed by atoms with Gasteiger partial charge in [-0.1, -0.05) is 0 Å². The van der Waals surface area contributed by atoms with Crippen molar-refractivity contribution in [2.45, 2.75) is 0 Å². The Morgan fingerprint density at radius 2 is 2.46 bits per heavy atom. The summed E-state index contributed by atoms with van der Waals surface area (Å²) in [5.74, 6) is 0.413. The maximum absolute atomic E-state index is 7.01. The lowest BCUT2D eigenvalue weighted by molar-refractivity contribution is 1.20. The minimum absolute atomic E-state index is 0.0907. The first kappa shape index (κ1) is 7.87. The SMILES string of the molecule is [NH]C(=S)Nc1nc2cncnc2[nH]1. The third-order valence-corrected chi connectivity index (χ3v) is 1.50. The molecule has 0 aliphatic heterocycles. The number of fused-ring (bicyclic) bond motifs is 1. The summed E-state index contributed by atoms with van der Waals surface area (Å²) in [6.07, 6.45) is 3.00. The normalized spacial score (nSPS) is 10.2. The number of imidazole rings is 1. The number of hydrogen-bond acceptors (Lipinski definition) is 4. The maximum atomic E-state index is 7.01. The third-order valence-electron chi connectivity index (χ3n) is 1.39. The number of hydrogen-bond donors (Lipinski definition) is 2. The summed E-state index contributed by atoms with van der Waals surface area (Å²) in [5.41, 5.74) is 8.27. The summed E-state index contributed by atoms with van der Waals surface area (Å²) in [6, 6.07) is 0. The van der Waals surface area contributed by atoms with Crippen molar-refractivity contribution in [1.29, 1.82) is 0 Å². The van der Waals surface area contributed by atoms with Crippen molar-refractivity contribution >= 4 is 34.4 Å². The molecule has 0 saturated carbocycles. The van der Waals surface area contributed by atoms with Gasteiger partial charge < -0.3 is 10.3 Å². The molecule has 2 aromatic heterocycles. The summed E-state index contributed by atoms with van der Waals surface area (Å²) >= 11 is 4.54. The molecule has 0 atom stereocenters. The van der Waals surface area contributed by atoms with E-state index in [1.54, 1.807) is 6.20 Å². The van der Waals surface area contributed by atoms with Crippen LogP contribution in [-0.2, 0) is 0 Å². The van der Waals surface area contributed by atoms with Crippen LogP contribution in [0.2, 0.25) is 0 Å². The van der Waals surface area contributed by atoms with Gasteiger partial charge in [-0.05, 0) is 12.2 Å². The Kier molecular flexibility index (Phi) is 1.78. The van der Waals surface area contributed by atoms with E-state index in [1.807, 2.05) is 0 Å². The van der Waals surface area contributed by atoms with Crippen LogP contribution in [0.15, 0.2) is 12.5 Å². The molecule has 0 aliphatic rings. The van der Waals surface area contributed by atoms with E-state index in [9.17, 15) is 0 Å². The molecule has 3 N–H and O–H groups in total. The molecule has 0 bridgehead atoms. The van der Waals surface area contributed by atoms with E-state index in [-0.39, 0.29) is 5.11 Å². The Balaban J connectivity index is 2.44. The van der Waals surface area contributed by atoms with Crippen molar-refractivity contribution in [3.05, 3.63) is 12.5 Å². The Morgan fingerprint density at radius 3 is 3.15 bits per heavy atom. The van der Waals surface area contributed by atoms with E-state index in [4.69, 9.17) is 5.73 Å². The molecule has 6 nitrogen and oxygen atoms in total. The Morgan fingerprint density at radius 1 is 1.62 bits per heavy atom. The molecule has 13 heavy (non-hydrogen) atoms. The van der Waals surface area contributed by atoms with Crippen LogP contribution in [0, 0.1) is 0 Å². The molecule has 0 saturated heterocycles. The second kappa shape index (κ2) is 2.94.